The molecule has 2 unspecified atom stereocenters. The summed E-state index contributed by atoms with van der Waals surface area (Å²) in [6.45, 7) is 5.09. The molecule has 2 atom stereocenters. The van der Waals surface area contributed by atoms with Crippen LogP contribution in [0.5, 0.6) is 0 Å². The number of nitriles is 1. The van der Waals surface area contributed by atoms with Gasteiger partial charge < -0.3 is 10.1 Å². The first-order valence-electron chi connectivity index (χ1n) is 6.19. The second-order valence-electron chi connectivity index (χ2n) is 5.34. The fourth-order valence-corrected chi connectivity index (χ4v) is 2.55. The number of methoxy groups -OCH3 is 1. The van der Waals surface area contributed by atoms with Crippen molar-refractivity contribution in [2.75, 3.05) is 7.11 Å². The minimum atomic E-state index is 0.143. The van der Waals surface area contributed by atoms with Crippen molar-refractivity contribution < 1.29 is 4.74 Å². The molecule has 18 heavy (non-hydrogen) atoms. The fourth-order valence-electron chi connectivity index (χ4n) is 2.55. The standard InChI is InChI=1S/C14H19N3O/c1-14(2)12(7-13(14)18-3)17-9-10-5-4-6-16-11(10)8-15/h4-6,12-13,17H,7,9H2,1-3H3. The average Bonchev–Trinajstić information content (AvgIpc) is 2.38. The highest BCUT2D eigenvalue weighted by molar-refractivity contribution is 5.30. The summed E-state index contributed by atoms with van der Waals surface area (Å²) in [7, 11) is 1.76. The van der Waals surface area contributed by atoms with E-state index in [4.69, 9.17) is 10.00 Å². The molecular weight excluding hydrogens is 226 g/mol. The van der Waals surface area contributed by atoms with Gasteiger partial charge in [-0.1, -0.05) is 19.9 Å². The topological polar surface area (TPSA) is 57.9 Å². The van der Waals surface area contributed by atoms with Crippen LogP contribution in [0, 0.1) is 16.7 Å². The highest BCUT2D eigenvalue weighted by atomic mass is 16.5. The Kier molecular flexibility index (Phi) is 3.65. The molecule has 1 heterocycles. The van der Waals surface area contributed by atoms with Gasteiger partial charge in [-0.05, 0) is 12.5 Å². The summed E-state index contributed by atoms with van der Waals surface area (Å²) in [4.78, 5) is 4.06. The van der Waals surface area contributed by atoms with Crippen molar-refractivity contribution in [2.24, 2.45) is 5.41 Å². The third kappa shape index (κ3) is 2.24. The number of nitrogens with one attached hydrogen (secondary N) is 1. The van der Waals surface area contributed by atoms with E-state index in [0.29, 0.717) is 24.4 Å². The Bertz CT molecular complexity index is 464. The number of nitrogens with zero attached hydrogens (tertiary/aromatic N) is 2. The third-order valence-corrected chi connectivity index (χ3v) is 4.00. The van der Waals surface area contributed by atoms with E-state index in [1.54, 1.807) is 13.3 Å². The van der Waals surface area contributed by atoms with Crippen LogP contribution in [0.15, 0.2) is 18.3 Å². The highest BCUT2D eigenvalue weighted by Gasteiger charge is 2.48. The second-order valence-corrected chi connectivity index (χ2v) is 5.34. The lowest BCUT2D eigenvalue weighted by Crippen LogP contribution is -2.60. The second kappa shape index (κ2) is 5.05. The van der Waals surface area contributed by atoms with Gasteiger partial charge in [0.2, 0.25) is 0 Å². The van der Waals surface area contributed by atoms with Gasteiger partial charge in [0.15, 0.2) is 0 Å². The molecule has 0 radical (unpaired) electrons. The molecule has 1 aliphatic rings. The lowest BCUT2D eigenvalue weighted by Gasteiger charge is -2.51. The number of pyridine rings is 1. The Labute approximate surface area is 108 Å². The van der Waals surface area contributed by atoms with Crippen LogP contribution in [0.3, 0.4) is 0 Å². The van der Waals surface area contributed by atoms with Crippen LogP contribution in [0.25, 0.3) is 0 Å². The first-order valence-corrected chi connectivity index (χ1v) is 6.19. The minimum Gasteiger partial charge on any atom is -0.381 e. The maximum absolute atomic E-state index is 8.98. The van der Waals surface area contributed by atoms with Crippen LogP contribution < -0.4 is 5.32 Å². The molecule has 1 aromatic rings. The van der Waals surface area contributed by atoms with E-state index in [-0.39, 0.29) is 5.41 Å². The van der Waals surface area contributed by atoms with E-state index >= 15 is 0 Å². The summed E-state index contributed by atoms with van der Waals surface area (Å²) in [6.07, 6.45) is 2.99. The zero-order chi connectivity index (χ0) is 13.2. The Morgan fingerprint density at radius 1 is 1.61 bits per heavy atom. The highest BCUT2D eigenvalue weighted by Crippen LogP contribution is 2.42. The quantitative estimate of drug-likeness (QED) is 0.879. The van der Waals surface area contributed by atoms with E-state index in [1.807, 2.05) is 12.1 Å². The predicted molar refractivity (Wildman–Crippen MR) is 68.8 cm³/mol. The molecule has 4 heteroatoms. The molecule has 0 saturated heterocycles. The zero-order valence-electron chi connectivity index (χ0n) is 11.1. The summed E-state index contributed by atoms with van der Waals surface area (Å²) >= 11 is 0. The van der Waals surface area contributed by atoms with Crippen LogP contribution in [-0.2, 0) is 11.3 Å². The van der Waals surface area contributed by atoms with Crippen molar-refractivity contribution in [1.82, 2.24) is 10.3 Å². The first kappa shape index (κ1) is 13.0. The SMILES string of the molecule is COC1CC(NCc2cccnc2C#N)C1(C)C. The Morgan fingerprint density at radius 3 is 3.00 bits per heavy atom. The molecule has 1 aliphatic carbocycles. The van der Waals surface area contributed by atoms with Gasteiger partial charge in [-0.2, -0.15) is 5.26 Å². The normalized spacial score (nSPS) is 25.2. The van der Waals surface area contributed by atoms with E-state index in [1.165, 1.54) is 0 Å². The molecule has 1 saturated carbocycles. The lowest BCUT2D eigenvalue weighted by atomic mass is 9.64. The fraction of sp³-hybridized carbons (Fsp3) is 0.571. The van der Waals surface area contributed by atoms with E-state index in [9.17, 15) is 0 Å². The predicted octanol–water partition coefficient (Wildman–Crippen LogP) is 1.86. The molecule has 0 bridgehead atoms. The Morgan fingerprint density at radius 2 is 2.39 bits per heavy atom. The summed E-state index contributed by atoms with van der Waals surface area (Å²) in [6, 6.07) is 6.35. The smallest absolute Gasteiger partial charge is 0.144 e. The average molecular weight is 245 g/mol. The first-order chi connectivity index (χ1) is 8.59. The molecular formula is C14H19N3O. The molecule has 4 nitrogen and oxygen atoms in total. The number of aromatic nitrogens is 1. The summed E-state index contributed by atoms with van der Waals surface area (Å²) in [5.74, 6) is 0. The number of rotatable bonds is 4. The third-order valence-electron chi connectivity index (χ3n) is 4.00. The maximum Gasteiger partial charge on any atom is 0.144 e. The van der Waals surface area contributed by atoms with Gasteiger partial charge in [-0.25, -0.2) is 4.98 Å². The molecule has 2 rings (SSSR count). The van der Waals surface area contributed by atoms with Crippen molar-refractivity contribution in [1.29, 1.82) is 5.26 Å². The van der Waals surface area contributed by atoms with Crippen LogP contribution in [0.2, 0.25) is 0 Å². The van der Waals surface area contributed by atoms with E-state index < -0.39 is 0 Å². The molecule has 0 amide bonds. The van der Waals surface area contributed by atoms with Crippen LogP contribution in [0.1, 0.15) is 31.5 Å². The van der Waals surface area contributed by atoms with Crippen molar-refractivity contribution in [3.05, 3.63) is 29.6 Å². The number of ether oxygens (including phenoxy) is 1. The summed E-state index contributed by atoms with van der Waals surface area (Å²) in [5.41, 5.74) is 1.60. The number of hydrogen-bond acceptors (Lipinski definition) is 4. The summed E-state index contributed by atoms with van der Waals surface area (Å²) in [5, 5.41) is 12.5. The van der Waals surface area contributed by atoms with Gasteiger partial charge in [-0.3, -0.25) is 0 Å². The lowest BCUT2D eigenvalue weighted by molar-refractivity contribution is -0.0979. The van der Waals surface area contributed by atoms with Crippen LogP contribution >= 0.6 is 0 Å². The van der Waals surface area contributed by atoms with Crippen molar-refractivity contribution in [2.45, 2.75) is 39.0 Å². The molecule has 1 aromatic heterocycles. The molecule has 0 aliphatic heterocycles. The van der Waals surface area contributed by atoms with Gasteiger partial charge in [0.05, 0.1) is 6.10 Å². The monoisotopic (exact) mass is 245 g/mol. The Hall–Kier alpha value is -1.44. The van der Waals surface area contributed by atoms with Gasteiger partial charge in [-0.15, -0.1) is 0 Å². The minimum absolute atomic E-state index is 0.143. The van der Waals surface area contributed by atoms with Gasteiger partial charge in [0, 0.05) is 36.9 Å². The van der Waals surface area contributed by atoms with Gasteiger partial charge in [0.25, 0.3) is 0 Å². The molecule has 1 N–H and O–H groups in total. The van der Waals surface area contributed by atoms with Crippen molar-refractivity contribution in [3.8, 4) is 6.07 Å². The van der Waals surface area contributed by atoms with Crippen LogP contribution in [0.4, 0.5) is 0 Å². The van der Waals surface area contributed by atoms with Crippen molar-refractivity contribution in [3.63, 3.8) is 0 Å². The Balaban J connectivity index is 1.96. The summed E-state index contributed by atoms with van der Waals surface area (Å²) < 4.78 is 5.42. The maximum atomic E-state index is 8.98. The van der Waals surface area contributed by atoms with Gasteiger partial charge in [0.1, 0.15) is 11.8 Å². The van der Waals surface area contributed by atoms with Crippen molar-refractivity contribution >= 4 is 0 Å². The number of hydrogen-bond donors (Lipinski definition) is 1. The van der Waals surface area contributed by atoms with E-state index in [2.05, 4.69) is 30.2 Å². The largest absolute Gasteiger partial charge is 0.381 e. The molecule has 1 fully saturated rings. The van der Waals surface area contributed by atoms with Crippen LogP contribution in [-0.4, -0.2) is 24.2 Å². The zero-order valence-corrected chi connectivity index (χ0v) is 11.1. The molecule has 0 spiro atoms. The molecule has 0 aromatic carbocycles. The molecule has 96 valence electrons. The van der Waals surface area contributed by atoms with Gasteiger partial charge >= 0.3 is 0 Å². The van der Waals surface area contributed by atoms with E-state index in [0.717, 1.165) is 12.0 Å².